The molecule has 1 aliphatic rings. The molecule has 0 spiro atoms. The van der Waals surface area contributed by atoms with Crippen molar-refractivity contribution >= 4 is 0 Å². The molecule has 2 rings (SSSR count). The van der Waals surface area contributed by atoms with Gasteiger partial charge in [0.05, 0.1) is 12.3 Å². The Morgan fingerprint density at radius 3 is 2.69 bits per heavy atom. The Morgan fingerprint density at radius 1 is 1.44 bits per heavy atom. The number of rotatable bonds is 6. The predicted molar refractivity (Wildman–Crippen MR) is 66.3 cm³/mol. The molecule has 0 bridgehead atoms. The minimum atomic E-state index is 0.388. The summed E-state index contributed by atoms with van der Waals surface area (Å²) >= 11 is 0. The van der Waals surface area contributed by atoms with Gasteiger partial charge in [0, 0.05) is 6.54 Å². The average molecular weight is 221 g/mol. The molecule has 1 aromatic rings. The molecule has 16 heavy (non-hydrogen) atoms. The molecule has 1 N–H and O–H groups in total. The molecule has 1 aromatic heterocycles. The summed E-state index contributed by atoms with van der Waals surface area (Å²) in [5.41, 5.74) is 0.583. The van der Waals surface area contributed by atoms with Gasteiger partial charge >= 0.3 is 0 Å². The summed E-state index contributed by atoms with van der Waals surface area (Å²) in [4.78, 5) is 0. The molecule has 1 saturated carbocycles. The Morgan fingerprint density at radius 2 is 2.25 bits per heavy atom. The zero-order valence-corrected chi connectivity index (χ0v) is 10.5. The Bertz CT molecular complexity index is 295. The van der Waals surface area contributed by atoms with E-state index in [1.54, 1.807) is 6.26 Å². The van der Waals surface area contributed by atoms with E-state index in [0.717, 1.165) is 18.7 Å². The van der Waals surface area contributed by atoms with Gasteiger partial charge in [0.1, 0.15) is 5.76 Å². The van der Waals surface area contributed by atoms with Crippen LogP contribution in [0.25, 0.3) is 0 Å². The highest BCUT2D eigenvalue weighted by molar-refractivity contribution is 5.04. The fraction of sp³-hybridized carbons (Fsp3) is 0.714. The van der Waals surface area contributed by atoms with E-state index < -0.39 is 0 Å². The van der Waals surface area contributed by atoms with Gasteiger partial charge in [0.25, 0.3) is 0 Å². The second-order valence-corrected chi connectivity index (χ2v) is 5.06. The van der Waals surface area contributed by atoms with Crippen molar-refractivity contribution in [2.75, 3.05) is 6.54 Å². The van der Waals surface area contributed by atoms with Crippen molar-refractivity contribution in [1.29, 1.82) is 0 Å². The zero-order valence-electron chi connectivity index (χ0n) is 10.5. The molecular formula is C14H23NO. The van der Waals surface area contributed by atoms with Crippen LogP contribution in [-0.2, 0) is 0 Å². The number of hydrogen-bond donors (Lipinski definition) is 1. The standard InChI is InChI=1S/C14H23NO/c1-3-12(13-7-5-10-16-13)15-11-14(4-2)8-6-9-14/h5,7,10,12,15H,3-4,6,8-9,11H2,1-2H3. The van der Waals surface area contributed by atoms with Gasteiger partial charge in [0.2, 0.25) is 0 Å². The molecule has 0 saturated heterocycles. The van der Waals surface area contributed by atoms with Crippen LogP contribution in [0.4, 0.5) is 0 Å². The Kier molecular flexibility index (Phi) is 3.70. The van der Waals surface area contributed by atoms with Crippen molar-refractivity contribution < 1.29 is 4.42 Å². The van der Waals surface area contributed by atoms with Gasteiger partial charge in [-0.25, -0.2) is 0 Å². The van der Waals surface area contributed by atoms with Crippen LogP contribution in [0, 0.1) is 5.41 Å². The lowest BCUT2D eigenvalue weighted by Gasteiger charge is -2.42. The molecule has 1 unspecified atom stereocenters. The molecule has 0 amide bonds. The monoisotopic (exact) mass is 221 g/mol. The third-order valence-corrected chi connectivity index (χ3v) is 4.18. The molecule has 0 aromatic carbocycles. The van der Waals surface area contributed by atoms with E-state index in [1.807, 2.05) is 6.07 Å². The first-order chi connectivity index (χ1) is 7.79. The van der Waals surface area contributed by atoms with Crippen LogP contribution in [0.2, 0.25) is 0 Å². The number of nitrogens with one attached hydrogen (secondary N) is 1. The Labute approximate surface area is 98.4 Å². The fourth-order valence-electron chi connectivity index (χ4n) is 2.61. The lowest BCUT2D eigenvalue weighted by atomic mass is 9.67. The van der Waals surface area contributed by atoms with Crippen LogP contribution in [0.15, 0.2) is 22.8 Å². The van der Waals surface area contributed by atoms with Crippen molar-refractivity contribution in [3.63, 3.8) is 0 Å². The third kappa shape index (κ3) is 2.32. The summed E-state index contributed by atoms with van der Waals surface area (Å²) < 4.78 is 5.47. The average Bonchev–Trinajstić information content (AvgIpc) is 2.76. The lowest BCUT2D eigenvalue weighted by Crippen LogP contribution is -2.40. The molecule has 2 nitrogen and oxygen atoms in total. The summed E-state index contributed by atoms with van der Waals surface area (Å²) in [6.07, 6.45) is 8.35. The minimum absolute atomic E-state index is 0.388. The van der Waals surface area contributed by atoms with Crippen molar-refractivity contribution in [2.45, 2.75) is 52.0 Å². The minimum Gasteiger partial charge on any atom is -0.468 e. The smallest absolute Gasteiger partial charge is 0.120 e. The van der Waals surface area contributed by atoms with Crippen molar-refractivity contribution in [3.8, 4) is 0 Å². The summed E-state index contributed by atoms with van der Waals surface area (Å²) in [7, 11) is 0. The maximum Gasteiger partial charge on any atom is 0.120 e. The van der Waals surface area contributed by atoms with Crippen molar-refractivity contribution in [3.05, 3.63) is 24.2 Å². The highest BCUT2D eigenvalue weighted by Gasteiger charge is 2.35. The van der Waals surface area contributed by atoms with E-state index in [0.29, 0.717) is 11.5 Å². The van der Waals surface area contributed by atoms with Crippen LogP contribution in [0.3, 0.4) is 0 Å². The van der Waals surface area contributed by atoms with Gasteiger partial charge in [-0.2, -0.15) is 0 Å². The van der Waals surface area contributed by atoms with Gasteiger partial charge in [-0.15, -0.1) is 0 Å². The highest BCUT2D eigenvalue weighted by atomic mass is 16.3. The molecule has 1 aliphatic carbocycles. The van der Waals surface area contributed by atoms with Crippen LogP contribution < -0.4 is 5.32 Å². The SMILES string of the molecule is CCC(NCC1(CC)CCC1)c1ccco1. The van der Waals surface area contributed by atoms with Crippen LogP contribution >= 0.6 is 0 Å². The lowest BCUT2D eigenvalue weighted by molar-refractivity contribution is 0.117. The number of furan rings is 1. The van der Waals surface area contributed by atoms with E-state index in [2.05, 4.69) is 25.2 Å². The largest absolute Gasteiger partial charge is 0.468 e. The van der Waals surface area contributed by atoms with Gasteiger partial charge < -0.3 is 9.73 Å². The van der Waals surface area contributed by atoms with Gasteiger partial charge in [-0.05, 0) is 43.2 Å². The Balaban J connectivity index is 1.88. The second kappa shape index (κ2) is 5.05. The molecule has 1 heterocycles. The molecule has 1 fully saturated rings. The van der Waals surface area contributed by atoms with Crippen LogP contribution in [0.5, 0.6) is 0 Å². The van der Waals surface area contributed by atoms with Crippen LogP contribution in [0.1, 0.15) is 57.8 Å². The van der Waals surface area contributed by atoms with Gasteiger partial charge in [0.15, 0.2) is 0 Å². The van der Waals surface area contributed by atoms with E-state index in [4.69, 9.17) is 4.42 Å². The highest BCUT2D eigenvalue weighted by Crippen LogP contribution is 2.43. The second-order valence-electron chi connectivity index (χ2n) is 5.06. The van der Waals surface area contributed by atoms with E-state index in [1.165, 1.54) is 25.7 Å². The normalized spacial score (nSPS) is 20.4. The van der Waals surface area contributed by atoms with Gasteiger partial charge in [-0.3, -0.25) is 0 Å². The number of hydrogen-bond acceptors (Lipinski definition) is 2. The fourth-order valence-corrected chi connectivity index (χ4v) is 2.61. The van der Waals surface area contributed by atoms with E-state index >= 15 is 0 Å². The van der Waals surface area contributed by atoms with E-state index in [-0.39, 0.29) is 0 Å². The van der Waals surface area contributed by atoms with Crippen molar-refractivity contribution in [2.24, 2.45) is 5.41 Å². The van der Waals surface area contributed by atoms with Crippen molar-refractivity contribution in [1.82, 2.24) is 5.32 Å². The first-order valence-corrected chi connectivity index (χ1v) is 6.56. The molecule has 0 aliphatic heterocycles. The summed E-state index contributed by atoms with van der Waals surface area (Å²) in [6, 6.07) is 4.43. The molecule has 2 heteroatoms. The summed E-state index contributed by atoms with van der Waals surface area (Å²) in [5.74, 6) is 1.08. The zero-order chi connectivity index (χ0) is 11.4. The first-order valence-electron chi connectivity index (χ1n) is 6.56. The topological polar surface area (TPSA) is 25.2 Å². The molecule has 1 atom stereocenters. The van der Waals surface area contributed by atoms with E-state index in [9.17, 15) is 0 Å². The molecule has 90 valence electrons. The third-order valence-electron chi connectivity index (χ3n) is 4.18. The Hall–Kier alpha value is -0.760. The quantitative estimate of drug-likeness (QED) is 0.788. The van der Waals surface area contributed by atoms with Gasteiger partial charge in [-0.1, -0.05) is 20.3 Å². The van der Waals surface area contributed by atoms with Crippen LogP contribution in [-0.4, -0.2) is 6.54 Å². The molecule has 0 radical (unpaired) electrons. The molecular weight excluding hydrogens is 198 g/mol. The first kappa shape index (κ1) is 11.7. The summed E-state index contributed by atoms with van der Waals surface area (Å²) in [5, 5.41) is 3.67. The summed E-state index contributed by atoms with van der Waals surface area (Å²) in [6.45, 7) is 5.66. The predicted octanol–water partition coefficient (Wildman–Crippen LogP) is 3.90. The maximum absolute atomic E-state index is 5.47. The maximum atomic E-state index is 5.47.